The molecule has 2 aromatic rings. The zero-order chi connectivity index (χ0) is 18.7. The van der Waals surface area contributed by atoms with E-state index in [1.807, 2.05) is 32.0 Å². The predicted octanol–water partition coefficient (Wildman–Crippen LogP) is 2.89. The second-order valence-electron chi connectivity index (χ2n) is 6.20. The van der Waals surface area contributed by atoms with E-state index in [1.54, 1.807) is 25.1 Å². The van der Waals surface area contributed by atoms with Crippen LogP contribution in [0.2, 0.25) is 0 Å². The van der Waals surface area contributed by atoms with Gasteiger partial charge in [-0.1, -0.05) is 18.2 Å². The largest absolute Gasteiger partial charge is 0.454 e. The zero-order valence-electron chi connectivity index (χ0n) is 15.0. The number of hydrogen-bond donors (Lipinski definition) is 1. The lowest BCUT2D eigenvalue weighted by Gasteiger charge is -2.15. The second-order valence-corrected chi connectivity index (χ2v) is 6.20. The maximum Gasteiger partial charge on any atom is 0.339 e. The molecule has 0 aromatic heterocycles. The Hall–Kier alpha value is -3.02. The minimum absolute atomic E-state index is 0.205. The van der Waals surface area contributed by atoms with E-state index in [4.69, 9.17) is 14.2 Å². The first-order chi connectivity index (χ1) is 12.5. The molecule has 1 aliphatic rings. The highest BCUT2D eigenvalue weighted by molar-refractivity contribution is 5.93. The molecule has 3 rings (SSSR count). The normalized spacial score (nSPS) is 13.2. The van der Waals surface area contributed by atoms with E-state index in [0.29, 0.717) is 23.6 Å². The molecule has 1 N–H and O–H groups in total. The summed E-state index contributed by atoms with van der Waals surface area (Å²) < 4.78 is 15.9. The Labute approximate surface area is 152 Å². The van der Waals surface area contributed by atoms with Crippen molar-refractivity contribution >= 4 is 11.9 Å². The molecule has 0 bridgehead atoms. The van der Waals surface area contributed by atoms with Crippen molar-refractivity contribution < 1.29 is 23.8 Å². The average Bonchev–Trinajstić information content (AvgIpc) is 3.09. The zero-order valence-corrected chi connectivity index (χ0v) is 15.0. The van der Waals surface area contributed by atoms with Crippen molar-refractivity contribution in [1.82, 2.24) is 5.32 Å². The quantitative estimate of drug-likeness (QED) is 0.835. The first-order valence-corrected chi connectivity index (χ1v) is 8.39. The lowest BCUT2D eigenvalue weighted by atomic mass is 10.0. The number of carbonyl (C=O) groups is 2. The van der Waals surface area contributed by atoms with E-state index in [9.17, 15) is 9.59 Å². The number of benzene rings is 2. The van der Waals surface area contributed by atoms with E-state index >= 15 is 0 Å². The maximum absolute atomic E-state index is 12.3. The summed E-state index contributed by atoms with van der Waals surface area (Å²) in [6.45, 7) is 5.85. The highest BCUT2D eigenvalue weighted by atomic mass is 16.7. The van der Waals surface area contributed by atoms with Crippen LogP contribution < -0.4 is 14.8 Å². The third-order valence-corrected chi connectivity index (χ3v) is 4.38. The Morgan fingerprint density at radius 1 is 1.15 bits per heavy atom. The molecule has 1 aliphatic heterocycles. The van der Waals surface area contributed by atoms with Gasteiger partial charge in [0.25, 0.3) is 5.91 Å². The van der Waals surface area contributed by atoms with Crippen LogP contribution in [0.15, 0.2) is 36.4 Å². The van der Waals surface area contributed by atoms with Crippen LogP contribution in [0.5, 0.6) is 11.5 Å². The molecule has 1 atom stereocenters. The standard InChI is InChI=1S/C20H21NO5/c1-12-5-4-6-16(13(12)2)20(23)26-14(3)19(22)21-10-15-7-8-17-18(9-15)25-11-24-17/h4-9,14H,10-11H2,1-3H3,(H,21,22)/t14-/m0/s1. The Balaban J connectivity index is 1.56. The molecule has 2 aromatic carbocycles. The lowest BCUT2D eigenvalue weighted by Crippen LogP contribution is -2.35. The van der Waals surface area contributed by atoms with Gasteiger partial charge in [-0.15, -0.1) is 0 Å². The van der Waals surface area contributed by atoms with Gasteiger partial charge in [-0.05, 0) is 55.7 Å². The second kappa shape index (κ2) is 7.47. The number of fused-ring (bicyclic) bond motifs is 1. The van der Waals surface area contributed by atoms with E-state index < -0.39 is 12.1 Å². The maximum atomic E-state index is 12.3. The number of esters is 1. The molecule has 1 heterocycles. The van der Waals surface area contributed by atoms with Crippen molar-refractivity contribution in [2.24, 2.45) is 0 Å². The van der Waals surface area contributed by atoms with Gasteiger partial charge >= 0.3 is 5.97 Å². The number of amides is 1. The van der Waals surface area contributed by atoms with Gasteiger partial charge in [0.2, 0.25) is 6.79 Å². The third kappa shape index (κ3) is 3.79. The van der Waals surface area contributed by atoms with Crippen molar-refractivity contribution in [2.45, 2.75) is 33.4 Å². The highest BCUT2D eigenvalue weighted by Crippen LogP contribution is 2.32. The predicted molar refractivity (Wildman–Crippen MR) is 95.2 cm³/mol. The van der Waals surface area contributed by atoms with Gasteiger partial charge in [0, 0.05) is 6.54 Å². The van der Waals surface area contributed by atoms with Gasteiger partial charge in [0.15, 0.2) is 17.6 Å². The minimum atomic E-state index is -0.892. The van der Waals surface area contributed by atoms with Crippen LogP contribution >= 0.6 is 0 Å². The molecule has 136 valence electrons. The summed E-state index contributed by atoms with van der Waals surface area (Å²) in [5.41, 5.74) is 3.20. The van der Waals surface area contributed by atoms with Crippen LogP contribution in [0.1, 0.15) is 34.0 Å². The van der Waals surface area contributed by atoms with Crippen molar-refractivity contribution in [3.63, 3.8) is 0 Å². The Morgan fingerprint density at radius 2 is 1.92 bits per heavy atom. The number of ether oxygens (including phenoxy) is 3. The topological polar surface area (TPSA) is 73.9 Å². The molecule has 0 saturated heterocycles. The van der Waals surface area contributed by atoms with Crippen molar-refractivity contribution in [1.29, 1.82) is 0 Å². The molecule has 26 heavy (non-hydrogen) atoms. The summed E-state index contributed by atoms with van der Waals surface area (Å²) in [5, 5.41) is 2.76. The molecule has 6 heteroatoms. The summed E-state index contributed by atoms with van der Waals surface area (Å²) in [6, 6.07) is 10.9. The van der Waals surface area contributed by atoms with Gasteiger partial charge < -0.3 is 19.5 Å². The first kappa shape index (κ1) is 17.8. The van der Waals surface area contributed by atoms with Crippen molar-refractivity contribution in [3.05, 3.63) is 58.7 Å². The van der Waals surface area contributed by atoms with Crippen LogP contribution in [0, 0.1) is 13.8 Å². The number of rotatable bonds is 5. The molecule has 0 aliphatic carbocycles. The summed E-state index contributed by atoms with van der Waals surface area (Å²) in [5.74, 6) is 0.486. The summed E-state index contributed by atoms with van der Waals surface area (Å²) in [6.07, 6.45) is -0.892. The van der Waals surface area contributed by atoms with Gasteiger partial charge in [-0.2, -0.15) is 0 Å². The van der Waals surface area contributed by atoms with E-state index in [-0.39, 0.29) is 12.7 Å². The number of aryl methyl sites for hydroxylation is 1. The number of nitrogens with one attached hydrogen (secondary N) is 1. The molecule has 6 nitrogen and oxygen atoms in total. The average molecular weight is 355 g/mol. The first-order valence-electron chi connectivity index (χ1n) is 8.39. The minimum Gasteiger partial charge on any atom is -0.454 e. The number of carbonyl (C=O) groups excluding carboxylic acids is 2. The Bertz CT molecular complexity index is 846. The van der Waals surface area contributed by atoms with Crippen LogP contribution in [0.25, 0.3) is 0 Å². The molecule has 0 radical (unpaired) electrons. The summed E-state index contributed by atoms with van der Waals surface area (Å²) >= 11 is 0. The number of hydrogen-bond acceptors (Lipinski definition) is 5. The smallest absolute Gasteiger partial charge is 0.339 e. The molecule has 0 fully saturated rings. The van der Waals surface area contributed by atoms with Crippen LogP contribution in [-0.2, 0) is 16.1 Å². The van der Waals surface area contributed by atoms with Crippen LogP contribution in [-0.4, -0.2) is 24.8 Å². The summed E-state index contributed by atoms with van der Waals surface area (Å²) in [7, 11) is 0. The van der Waals surface area contributed by atoms with Gasteiger partial charge in [-0.3, -0.25) is 4.79 Å². The third-order valence-electron chi connectivity index (χ3n) is 4.38. The van der Waals surface area contributed by atoms with E-state index in [1.165, 1.54) is 0 Å². The van der Waals surface area contributed by atoms with Crippen LogP contribution in [0.4, 0.5) is 0 Å². The van der Waals surface area contributed by atoms with Crippen molar-refractivity contribution in [3.8, 4) is 11.5 Å². The lowest BCUT2D eigenvalue weighted by molar-refractivity contribution is -0.129. The molecular weight excluding hydrogens is 334 g/mol. The van der Waals surface area contributed by atoms with Crippen LogP contribution in [0.3, 0.4) is 0 Å². The van der Waals surface area contributed by atoms with Gasteiger partial charge in [0.05, 0.1) is 5.56 Å². The molecule has 0 saturated carbocycles. The highest BCUT2D eigenvalue weighted by Gasteiger charge is 2.20. The fourth-order valence-corrected chi connectivity index (χ4v) is 2.63. The van der Waals surface area contributed by atoms with Crippen molar-refractivity contribution in [2.75, 3.05) is 6.79 Å². The summed E-state index contributed by atoms with van der Waals surface area (Å²) in [4.78, 5) is 24.5. The SMILES string of the molecule is Cc1cccc(C(=O)O[C@@H](C)C(=O)NCc2ccc3c(c2)OCO3)c1C. The van der Waals surface area contributed by atoms with E-state index in [0.717, 1.165) is 16.7 Å². The van der Waals surface area contributed by atoms with E-state index in [2.05, 4.69) is 5.32 Å². The Kier molecular flexibility index (Phi) is 5.11. The molecule has 1 amide bonds. The Morgan fingerprint density at radius 3 is 2.73 bits per heavy atom. The fraction of sp³-hybridized carbons (Fsp3) is 0.300. The van der Waals surface area contributed by atoms with Gasteiger partial charge in [-0.25, -0.2) is 4.79 Å². The molecule has 0 unspecified atom stereocenters. The van der Waals surface area contributed by atoms with Gasteiger partial charge in [0.1, 0.15) is 0 Å². The molecule has 0 spiro atoms. The fourth-order valence-electron chi connectivity index (χ4n) is 2.63. The monoisotopic (exact) mass is 355 g/mol. The molecular formula is C20H21NO5.